The molecule has 0 aliphatic carbocycles. The van der Waals surface area contributed by atoms with Gasteiger partial charge in [0.15, 0.2) is 0 Å². The minimum Gasteiger partial charge on any atom is -0.350 e. The molecule has 3 rings (SSSR count). The molecule has 1 unspecified atom stereocenters. The van der Waals surface area contributed by atoms with Crippen molar-refractivity contribution in [3.8, 4) is 0 Å². The molecule has 9 heteroatoms. The number of alkyl halides is 3. The zero-order valence-corrected chi connectivity index (χ0v) is 19.6. The molecular formula is C25H31F3N4O2. The first-order valence-corrected chi connectivity index (χ1v) is 11.2. The number of carbonyl (C=O) groups excluding carboxylic acids is 2. The van der Waals surface area contributed by atoms with E-state index in [1.165, 1.54) is 17.7 Å². The van der Waals surface area contributed by atoms with Gasteiger partial charge in [-0.15, -0.1) is 0 Å². The van der Waals surface area contributed by atoms with Crippen LogP contribution in [0.1, 0.15) is 38.3 Å². The summed E-state index contributed by atoms with van der Waals surface area (Å²) in [7, 11) is 0. The normalized spacial score (nSPS) is 17.8. The predicted octanol–water partition coefficient (Wildman–Crippen LogP) is 4.63. The number of nitrogens with zero attached hydrogens (tertiary/aromatic N) is 1. The smallest absolute Gasteiger partial charge is 0.350 e. The van der Waals surface area contributed by atoms with Crippen LogP contribution in [0, 0.1) is 5.41 Å². The molecule has 0 aromatic heterocycles. The van der Waals surface area contributed by atoms with E-state index in [9.17, 15) is 22.8 Å². The molecular weight excluding hydrogens is 445 g/mol. The summed E-state index contributed by atoms with van der Waals surface area (Å²) in [6.07, 6.45) is -3.72. The summed E-state index contributed by atoms with van der Waals surface area (Å²) in [5, 5.41) is 8.06. The minimum atomic E-state index is -4.52. The van der Waals surface area contributed by atoms with Gasteiger partial charge < -0.3 is 16.0 Å². The molecule has 6 nitrogen and oxygen atoms in total. The highest BCUT2D eigenvalue weighted by Crippen LogP contribution is 2.30. The van der Waals surface area contributed by atoms with Crippen molar-refractivity contribution in [1.29, 1.82) is 0 Å². The molecule has 1 heterocycles. The van der Waals surface area contributed by atoms with Crippen LogP contribution in [0.2, 0.25) is 0 Å². The summed E-state index contributed by atoms with van der Waals surface area (Å²) in [5.74, 6) is -0.321. The zero-order valence-electron chi connectivity index (χ0n) is 19.6. The van der Waals surface area contributed by atoms with Crippen LogP contribution in [0.15, 0.2) is 54.6 Å². The summed E-state index contributed by atoms with van der Waals surface area (Å²) in [5.41, 5.74) is -0.281. The number of likely N-dealkylation sites (tertiary alicyclic amines) is 1. The number of nitrogens with one attached hydrogen (secondary N) is 3. The van der Waals surface area contributed by atoms with E-state index >= 15 is 0 Å². The second kappa shape index (κ2) is 10.5. The maximum Gasteiger partial charge on any atom is 0.416 e. The SMILES string of the molecule is CC(C)(C)[C@H](NC(=O)Nc1cccc(C(F)(F)F)c1)C(=O)NC1CCN(Cc2ccccc2)C1. The van der Waals surface area contributed by atoms with Gasteiger partial charge in [-0.1, -0.05) is 57.2 Å². The van der Waals surface area contributed by atoms with Gasteiger partial charge in [0.2, 0.25) is 5.91 Å². The fourth-order valence-corrected chi connectivity index (χ4v) is 3.97. The van der Waals surface area contributed by atoms with Crippen LogP contribution >= 0.6 is 0 Å². The molecule has 0 saturated carbocycles. The van der Waals surface area contributed by atoms with Crippen molar-refractivity contribution in [1.82, 2.24) is 15.5 Å². The Labute approximate surface area is 197 Å². The van der Waals surface area contributed by atoms with Gasteiger partial charge in [-0.2, -0.15) is 13.2 Å². The summed E-state index contributed by atoms with van der Waals surface area (Å²) in [4.78, 5) is 27.9. The van der Waals surface area contributed by atoms with Gasteiger partial charge >= 0.3 is 12.2 Å². The van der Waals surface area contributed by atoms with Gasteiger partial charge in [-0.25, -0.2) is 4.79 Å². The van der Waals surface area contributed by atoms with Crippen LogP contribution in [0.3, 0.4) is 0 Å². The van der Waals surface area contributed by atoms with Crippen LogP contribution in [-0.2, 0) is 17.5 Å². The van der Waals surface area contributed by atoms with E-state index in [0.29, 0.717) is 6.54 Å². The monoisotopic (exact) mass is 476 g/mol. The largest absolute Gasteiger partial charge is 0.416 e. The fourth-order valence-electron chi connectivity index (χ4n) is 3.97. The third-order valence-corrected chi connectivity index (χ3v) is 5.72. The number of urea groups is 1. The van der Waals surface area contributed by atoms with Crippen molar-refractivity contribution in [2.75, 3.05) is 18.4 Å². The lowest BCUT2D eigenvalue weighted by atomic mass is 9.86. The molecule has 1 fully saturated rings. The van der Waals surface area contributed by atoms with E-state index in [0.717, 1.165) is 31.6 Å². The second-order valence-electron chi connectivity index (χ2n) is 9.69. The Morgan fingerprint density at radius 1 is 1.06 bits per heavy atom. The lowest BCUT2D eigenvalue weighted by Crippen LogP contribution is -2.56. The Bertz CT molecular complexity index is 990. The van der Waals surface area contributed by atoms with Crippen molar-refractivity contribution >= 4 is 17.6 Å². The highest BCUT2D eigenvalue weighted by molar-refractivity contribution is 5.94. The summed E-state index contributed by atoms with van der Waals surface area (Å²) in [6.45, 7) is 7.81. The number of carbonyl (C=O) groups is 2. The van der Waals surface area contributed by atoms with Crippen molar-refractivity contribution in [2.24, 2.45) is 5.41 Å². The molecule has 0 spiro atoms. The third-order valence-electron chi connectivity index (χ3n) is 5.72. The van der Waals surface area contributed by atoms with Gasteiger partial charge in [0, 0.05) is 31.4 Å². The Morgan fingerprint density at radius 3 is 2.41 bits per heavy atom. The number of hydrogen-bond acceptors (Lipinski definition) is 3. The second-order valence-corrected chi connectivity index (χ2v) is 9.69. The number of anilines is 1. The van der Waals surface area contributed by atoms with Gasteiger partial charge in [0.05, 0.1) is 5.56 Å². The molecule has 184 valence electrons. The Kier molecular flexibility index (Phi) is 7.86. The highest BCUT2D eigenvalue weighted by Gasteiger charge is 2.35. The van der Waals surface area contributed by atoms with Crippen LogP contribution in [0.25, 0.3) is 0 Å². The first-order chi connectivity index (χ1) is 15.9. The molecule has 1 saturated heterocycles. The first-order valence-electron chi connectivity index (χ1n) is 11.2. The van der Waals surface area contributed by atoms with Crippen LogP contribution in [-0.4, -0.2) is 42.0 Å². The van der Waals surface area contributed by atoms with E-state index in [1.54, 1.807) is 0 Å². The molecule has 2 aromatic carbocycles. The summed E-state index contributed by atoms with van der Waals surface area (Å²) < 4.78 is 38.8. The molecule has 1 aliphatic heterocycles. The summed E-state index contributed by atoms with van der Waals surface area (Å²) in [6, 6.07) is 12.8. The number of benzene rings is 2. The first kappa shape index (κ1) is 25.6. The quantitative estimate of drug-likeness (QED) is 0.569. The van der Waals surface area contributed by atoms with E-state index in [1.807, 2.05) is 39.0 Å². The Balaban J connectivity index is 1.58. The molecule has 0 bridgehead atoms. The zero-order chi connectivity index (χ0) is 24.9. The lowest BCUT2D eigenvalue weighted by molar-refractivity contribution is -0.137. The maximum atomic E-state index is 13.1. The lowest BCUT2D eigenvalue weighted by Gasteiger charge is -2.31. The number of rotatable bonds is 6. The number of hydrogen-bond donors (Lipinski definition) is 3. The van der Waals surface area contributed by atoms with Gasteiger partial charge in [0.25, 0.3) is 0 Å². The van der Waals surface area contributed by atoms with E-state index in [2.05, 4.69) is 33.0 Å². The standard InChI is InChI=1S/C25H31F3N4O2/c1-24(2,3)21(31-23(34)30-19-11-7-10-18(14-19)25(26,27)28)22(33)29-20-12-13-32(16-20)15-17-8-5-4-6-9-17/h4-11,14,20-21H,12-13,15-16H2,1-3H3,(H,29,33)(H2,30,31,34)/t20?,21-/m1/s1. The van der Waals surface area contributed by atoms with Crippen LogP contribution in [0.4, 0.5) is 23.7 Å². The average molecular weight is 477 g/mol. The van der Waals surface area contributed by atoms with E-state index in [4.69, 9.17) is 0 Å². The van der Waals surface area contributed by atoms with Crippen LogP contribution < -0.4 is 16.0 Å². The molecule has 3 amide bonds. The summed E-state index contributed by atoms with van der Waals surface area (Å²) >= 11 is 0. The van der Waals surface area contributed by atoms with Crippen molar-refractivity contribution in [3.05, 3.63) is 65.7 Å². The Morgan fingerprint density at radius 2 is 1.76 bits per heavy atom. The van der Waals surface area contributed by atoms with Crippen molar-refractivity contribution in [3.63, 3.8) is 0 Å². The average Bonchev–Trinajstić information content (AvgIpc) is 3.18. The van der Waals surface area contributed by atoms with E-state index in [-0.39, 0.29) is 17.6 Å². The number of amides is 3. The van der Waals surface area contributed by atoms with Gasteiger partial charge in [0.1, 0.15) is 6.04 Å². The molecule has 2 aromatic rings. The number of halogens is 3. The highest BCUT2D eigenvalue weighted by atomic mass is 19.4. The fraction of sp³-hybridized carbons (Fsp3) is 0.440. The molecule has 1 aliphatic rings. The van der Waals surface area contributed by atoms with Crippen molar-refractivity contribution in [2.45, 2.75) is 52.0 Å². The molecule has 0 radical (unpaired) electrons. The predicted molar refractivity (Wildman–Crippen MR) is 125 cm³/mol. The topological polar surface area (TPSA) is 73.5 Å². The Hall–Kier alpha value is -3.07. The minimum absolute atomic E-state index is 0.00672. The van der Waals surface area contributed by atoms with Crippen molar-refractivity contribution < 1.29 is 22.8 Å². The van der Waals surface area contributed by atoms with Crippen LogP contribution in [0.5, 0.6) is 0 Å². The third kappa shape index (κ3) is 7.21. The maximum absolute atomic E-state index is 13.1. The van der Waals surface area contributed by atoms with Gasteiger partial charge in [-0.3, -0.25) is 9.69 Å². The molecule has 34 heavy (non-hydrogen) atoms. The molecule has 3 N–H and O–H groups in total. The molecule has 2 atom stereocenters. The van der Waals surface area contributed by atoms with Gasteiger partial charge in [-0.05, 0) is 35.6 Å². The van der Waals surface area contributed by atoms with E-state index < -0.39 is 29.2 Å².